The summed E-state index contributed by atoms with van der Waals surface area (Å²) in [5.74, 6) is 0.975. The molecule has 5 aromatic rings. The number of nitrogens with one attached hydrogen (secondary N) is 1. The average Bonchev–Trinajstić information content (AvgIpc) is 3.47. The molecule has 2 amide bonds. The summed E-state index contributed by atoms with van der Waals surface area (Å²) in [7, 11) is 6.07. The molecule has 0 spiro atoms. The van der Waals surface area contributed by atoms with Crippen LogP contribution in [-0.2, 0) is 22.7 Å². The first-order valence-electron chi connectivity index (χ1n) is 13.7. The molecule has 2 aromatic heterocycles. The van der Waals surface area contributed by atoms with E-state index >= 15 is 0 Å². The summed E-state index contributed by atoms with van der Waals surface area (Å²) in [6.07, 6.45) is 3.30. The summed E-state index contributed by atoms with van der Waals surface area (Å²) in [6.45, 7) is -0.0881. The molecule has 44 heavy (non-hydrogen) atoms. The monoisotopic (exact) mass is 596 g/mol. The summed E-state index contributed by atoms with van der Waals surface area (Å²) in [5.41, 5.74) is 2.97. The molecule has 1 atom stereocenters. The maximum Gasteiger partial charge on any atom is 0.251 e. The van der Waals surface area contributed by atoms with E-state index in [0.29, 0.717) is 45.3 Å². The number of methoxy groups -OCH3 is 4. The number of nitrogens with zero attached hydrogens (tertiary/aromatic N) is 5. The fraction of sp³-hybridized carbons (Fsp3) is 0.219. The van der Waals surface area contributed by atoms with Crippen molar-refractivity contribution in [3.8, 4) is 23.0 Å². The minimum absolute atomic E-state index is 0.0749. The van der Waals surface area contributed by atoms with Crippen molar-refractivity contribution in [1.29, 1.82) is 0 Å². The minimum atomic E-state index is -1.12. The molecule has 0 radical (unpaired) electrons. The zero-order valence-electron chi connectivity index (χ0n) is 24.8. The molecule has 0 aliphatic heterocycles. The highest BCUT2D eigenvalue weighted by Crippen LogP contribution is 2.35. The summed E-state index contributed by atoms with van der Waals surface area (Å²) < 4.78 is 23.3. The van der Waals surface area contributed by atoms with Gasteiger partial charge in [-0.15, -0.1) is 5.10 Å². The number of hydrogen-bond donors (Lipinski definition) is 1. The molecule has 226 valence electrons. The molecule has 12 nitrogen and oxygen atoms in total. The topological polar surface area (TPSA) is 130 Å². The van der Waals surface area contributed by atoms with E-state index in [1.807, 2.05) is 30.3 Å². The van der Waals surface area contributed by atoms with Gasteiger partial charge in [0.05, 0.1) is 39.6 Å². The Labute approximate surface area is 254 Å². The van der Waals surface area contributed by atoms with Gasteiger partial charge in [-0.3, -0.25) is 14.6 Å². The van der Waals surface area contributed by atoms with Crippen LogP contribution < -0.4 is 24.3 Å². The molecule has 0 aliphatic rings. The second-order valence-electron chi connectivity index (χ2n) is 9.69. The Kier molecular flexibility index (Phi) is 9.19. The second-order valence-corrected chi connectivity index (χ2v) is 9.69. The number of rotatable bonds is 12. The smallest absolute Gasteiger partial charge is 0.251 e. The molecule has 0 bridgehead atoms. The van der Waals surface area contributed by atoms with Crippen LogP contribution in [0.1, 0.15) is 17.2 Å². The SMILES string of the molecule is COc1ccc(NC(=O)C(c2ccc(OC)c(OC)c2)N(Cc2cccnc2)C(=O)Cn2nnc3ccccc32)c(OC)c1. The quantitative estimate of drug-likeness (QED) is 0.224. The normalized spacial score (nSPS) is 11.5. The first-order chi connectivity index (χ1) is 21.4. The van der Waals surface area contributed by atoms with E-state index in [0.717, 1.165) is 5.56 Å². The van der Waals surface area contributed by atoms with Crippen LogP contribution in [-0.4, -0.2) is 65.1 Å². The molecule has 1 N–H and O–H groups in total. The number of pyridine rings is 1. The Morgan fingerprint density at radius 2 is 1.66 bits per heavy atom. The van der Waals surface area contributed by atoms with Gasteiger partial charge in [0.25, 0.3) is 5.91 Å². The number of benzene rings is 3. The summed E-state index contributed by atoms with van der Waals surface area (Å²) >= 11 is 0. The molecule has 1 unspecified atom stereocenters. The third-order valence-corrected chi connectivity index (χ3v) is 7.05. The van der Waals surface area contributed by atoms with Gasteiger partial charge in [0.2, 0.25) is 5.91 Å². The number of fused-ring (bicyclic) bond motifs is 1. The molecule has 0 aliphatic carbocycles. The van der Waals surface area contributed by atoms with Gasteiger partial charge >= 0.3 is 0 Å². The second kappa shape index (κ2) is 13.6. The Hall–Kier alpha value is -5.65. The van der Waals surface area contributed by atoms with Crippen molar-refractivity contribution in [3.05, 3.63) is 96.3 Å². The van der Waals surface area contributed by atoms with Crippen molar-refractivity contribution in [2.45, 2.75) is 19.1 Å². The summed E-state index contributed by atoms with van der Waals surface area (Å²) in [5, 5.41) is 11.3. The molecular weight excluding hydrogens is 564 g/mol. The van der Waals surface area contributed by atoms with Crippen LogP contribution in [0, 0.1) is 0 Å². The van der Waals surface area contributed by atoms with Crippen LogP contribution in [0.4, 0.5) is 5.69 Å². The van der Waals surface area contributed by atoms with E-state index in [9.17, 15) is 9.59 Å². The number of anilines is 1. The van der Waals surface area contributed by atoms with E-state index < -0.39 is 11.9 Å². The maximum atomic E-state index is 14.3. The van der Waals surface area contributed by atoms with Crippen LogP contribution in [0.15, 0.2) is 85.2 Å². The van der Waals surface area contributed by atoms with Crippen molar-refractivity contribution in [2.24, 2.45) is 0 Å². The van der Waals surface area contributed by atoms with Gasteiger partial charge in [0.15, 0.2) is 11.5 Å². The van der Waals surface area contributed by atoms with Gasteiger partial charge in [-0.25, -0.2) is 4.68 Å². The summed E-state index contributed by atoms with van der Waals surface area (Å²) in [6, 6.07) is 20.0. The fourth-order valence-corrected chi connectivity index (χ4v) is 4.86. The van der Waals surface area contributed by atoms with Gasteiger partial charge in [-0.05, 0) is 53.6 Å². The van der Waals surface area contributed by atoms with Crippen molar-refractivity contribution in [3.63, 3.8) is 0 Å². The molecule has 0 saturated carbocycles. The van der Waals surface area contributed by atoms with Gasteiger partial charge in [0.1, 0.15) is 29.6 Å². The standard InChI is InChI=1S/C32H32N6O6/c1-41-23-12-13-25(28(17-23)43-3)34-32(40)31(22-11-14-27(42-2)29(16-22)44-4)37(19-21-8-7-15-33-18-21)30(39)20-38-26-10-6-5-9-24(26)35-36-38/h5-18,31H,19-20H2,1-4H3,(H,34,40). The number of hydrogen-bond acceptors (Lipinski definition) is 9. The molecular formula is C32H32N6O6. The Bertz CT molecular complexity index is 1760. The highest BCUT2D eigenvalue weighted by molar-refractivity contribution is 5.99. The molecule has 5 rings (SSSR count). The van der Waals surface area contributed by atoms with Crippen molar-refractivity contribution in [1.82, 2.24) is 24.9 Å². The van der Waals surface area contributed by atoms with E-state index in [1.54, 1.807) is 62.0 Å². The highest BCUT2D eigenvalue weighted by Gasteiger charge is 2.33. The molecule has 0 fully saturated rings. The predicted octanol–water partition coefficient (Wildman–Crippen LogP) is 4.27. The van der Waals surface area contributed by atoms with Crippen molar-refractivity contribution >= 4 is 28.5 Å². The van der Waals surface area contributed by atoms with Gasteiger partial charge < -0.3 is 29.2 Å². The molecule has 0 saturated heterocycles. The van der Waals surface area contributed by atoms with Crippen LogP contribution in [0.3, 0.4) is 0 Å². The van der Waals surface area contributed by atoms with Gasteiger partial charge in [-0.1, -0.05) is 29.5 Å². The lowest BCUT2D eigenvalue weighted by Gasteiger charge is -2.32. The lowest BCUT2D eigenvalue weighted by atomic mass is 10.0. The Morgan fingerprint density at radius 1 is 0.864 bits per heavy atom. The Morgan fingerprint density at radius 3 is 2.39 bits per heavy atom. The third-order valence-electron chi connectivity index (χ3n) is 7.05. The maximum absolute atomic E-state index is 14.3. The number of carbonyl (C=O) groups excluding carboxylic acids is 2. The van der Waals surface area contributed by atoms with E-state index in [2.05, 4.69) is 20.6 Å². The van der Waals surface area contributed by atoms with E-state index in [-0.39, 0.29) is 19.0 Å². The predicted molar refractivity (Wildman–Crippen MR) is 163 cm³/mol. The highest BCUT2D eigenvalue weighted by atomic mass is 16.5. The van der Waals surface area contributed by atoms with Crippen molar-refractivity contribution in [2.75, 3.05) is 33.8 Å². The van der Waals surface area contributed by atoms with E-state index in [4.69, 9.17) is 18.9 Å². The zero-order valence-corrected chi connectivity index (χ0v) is 24.8. The lowest BCUT2D eigenvalue weighted by Crippen LogP contribution is -2.42. The number of amides is 2. The number of ether oxygens (including phenoxy) is 4. The van der Waals surface area contributed by atoms with Crippen LogP contribution in [0.5, 0.6) is 23.0 Å². The largest absolute Gasteiger partial charge is 0.497 e. The average molecular weight is 597 g/mol. The van der Waals surface area contributed by atoms with Crippen molar-refractivity contribution < 1.29 is 28.5 Å². The first kappa shape index (κ1) is 29.8. The third kappa shape index (κ3) is 6.38. The number of carbonyl (C=O) groups is 2. The van der Waals surface area contributed by atoms with Crippen LogP contribution >= 0.6 is 0 Å². The molecule has 3 aromatic carbocycles. The van der Waals surface area contributed by atoms with Crippen LogP contribution in [0.25, 0.3) is 11.0 Å². The van der Waals surface area contributed by atoms with Gasteiger partial charge in [0, 0.05) is 25.0 Å². The molecule has 2 heterocycles. The fourth-order valence-electron chi connectivity index (χ4n) is 4.86. The van der Waals surface area contributed by atoms with E-state index in [1.165, 1.54) is 30.9 Å². The Balaban J connectivity index is 1.60. The summed E-state index contributed by atoms with van der Waals surface area (Å²) in [4.78, 5) is 34.3. The molecule has 12 heteroatoms. The zero-order chi connectivity index (χ0) is 31.1. The number of para-hydroxylation sites is 1. The lowest BCUT2D eigenvalue weighted by molar-refractivity contribution is -0.140. The number of aromatic nitrogens is 4. The first-order valence-corrected chi connectivity index (χ1v) is 13.7. The van der Waals surface area contributed by atoms with Gasteiger partial charge in [-0.2, -0.15) is 0 Å². The van der Waals surface area contributed by atoms with Crippen LogP contribution in [0.2, 0.25) is 0 Å². The minimum Gasteiger partial charge on any atom is -0.497 e.